The quantitative estimate of drug-likeness (QED) is 0.809. The molecule has 0 fully saturated rings. The van der Waals surface area contributed by atoms with Gasteiger partial charge in [0.05, 0.1) is 19.3 Å². The summed E-state index contributed by atoms with van der Waals surface area (Å²) in [6.45, 7) is 0.267. The van der Waals surface area contributed by atoms with Crippen molar-refractivity contribution in [3.63, 3.8) is 0 Å². The predicted octanol–water partition coefficient (Wildman–Crippen LogP) is 2.21. The van der Waals surface area contributed by atoms with E-state index in [1.54, 1.807) is 31.2 Å². The van der Waals surface area contributed by atoms with Crippen LogP contribution >= 0.6 is 0 Å². The Hall–Kier alpha value is -1.11. The molecule has 6 heteroatoms. The van der Waals surface area contributed by atoms with E-state index in [1.165, 1.54) is 0 Å². The van der Waals surface area contributed by atoms with E-state index in [-0.39, 0.29) is 25.6 Å². The zero-order valence-electron chi connectivity index (χ0n) is 11.3. The van der Waals surface area contributed by atoms with Crippen LogP contribution in [0.4, 0.5) is 13.2 Å². The Morgan fingerprint density at radius 2 is 1.80 bits per heavy atom. The zero-order valence-corrected chi connectivity index (χ0v) is 11.3. The van der Waals surface area contributed by atoms with E-state index in [1.807, 2.05) is 6.07 Å². The summed E-state index contributed by atoms with van der Waals surface area (Å²) in [7, 11) is 0. The Morgan fingerprint density at radius 1 is 1.20 bits per heavy atom. The van der Waals surface area contributed by atoms with E-state index in [0.717, 1.165) is 4.90 Å². The van der Waals surface area contributed by atoms with Crippen LogP contribution in [0.2, 0.25) is 0 Å². The lowest BCUT2D eigenvalue weighted by atomic mass is 9.97. The maximum atomic E-state index is 12.4. The molecule has 2 N–H and O–H groups in total. The second-order valence-corrected chi connectivity index (χ2v) is 4.91. The average Bonchev–Trinajstić information content (AvgIpc) is 2.37. The van der Waals surface area contributed by atoms with Gasteiger partial charge >= 0.3 is 6.18 Å². The molecule has 0 heterocycles. The fourth-order valence-corrected chi connectivity index (χ4v) is 2.12. The van der Waals surface area contributed by atoms with E-state index >= 15 is 0 Å². The molecule has 114 valence electrons. The normalized spacial score (nSPS) is 15.3. The van der Waals surface area contributed by atoms with Crippen molar-refractivity contribution in [2.75, 3.05) is 26.2 Å². The molecule has 1 aromatic rings. The maximum absolute atomic E-state index is 12.4. The van der Waals surface area contributed by atoms with Gasteiger partial charge in [0.15, 0.2) is 0 Å². The zero-order chi connectivity index (χ0) is 15.2. The molecule has 20 heavy (non-hydrogen) atoms. The van der Waals surface area contributed by atoms with Gasteiger partial charge in [0, 0.05) is 13.1 Å². The lowest BCUT2D eigenvalue weighted by Gasteiger charge is -2.28. The van der Waals surface area contributed by atoms with Crippen molar-refractivity contribution in [2.24, 2.45) is 5.92 Å². The van der Waals surface area contributed by atoms with Gasteiger partial charge in [-0.25, -0.2) is 0 Å². The van der Waals surface area contributed by atoms with Crippen molar-refractivity contribution < 1.29 is 23.4 Å². The van der Waals surface area contributed by atoms with E-state index in [4.69, 9.17) is 5.11 Å². The van der Waals surface area contributed by atoms with Gasteiger partial charge in [-0.1, -0.05) is 37.3 Å². The van der Waals surface area contributed by atoms with Crippen LogP contribution in [0.25, 0.3) is 0 Å². The summed E-state index contributed by atoms with van der Waals surface area (Å²) < 4.78 is 37.3. The number of halogens is 3. The fraction of sp³-hybridized carbons (Fsp3) is 0.571. The highest BCUT2D eigenvalue weighted by Crippen LogP contribution is 2.24. The minimum Gasteiger partial charge on any atom is -0.395 e. The van der Waals surface area contributed by atoms with E-state index in [9.17, 15) is 18.3 Å². The Labute approximate surface area is 116 Å². The summed E-state index contributed by atoms with van der Waals surface area (Å²) >= 11 is 0. The van der Waals surface area contributed by atoms with Gasteiger partial charge in [-0.2, -0.15) is 13.2 Å². The molecule has 0 aromatic heterocycles. The SMILES string of the molecule is CC(CN(CCO)CC(F)(F)F)C(O)c1ccccc1. The first-order valence-electron chi connectivity index (χ1n) is 6.46. The molecular weight excluding hydrogens is 271 g/mol. The third-order valence-corrected chi connectivity index (χ3v) is 3.05. The summed E-state index contributed by atoms with van der Waals surface area (Å²) in [6.07, 6.45) is -5.14. The van der Waals surface area contributed by atoms with E-state index < -0.39 is 18.8 Å². The summed E-state index contributed by atoms with van der Waals surface area (Å²) in [5, 5.41) is 19.0. The number of rotatable bonds is 7. The average molecular weight is 291 g/mol. The van der Waals surface area contributed by atoms with Crippen LogP contribution in [0.3, 0.4) is 0 Å². The molecule has 0 saturated carbocycles. The van der Waals surface area contributed by atoms with Crippen LogP contribution in [0.5, 0.6) is 0 Å². The predicted molar refractivity (Wildman–Crippen MR) is 70.1 cm³/mol. The van der Waals surface area contributed by atoms with Crippen molar-refractivity contribution in [2.45, 2.75) is 19.2 Å². The third kappa shape index (κ3) is 5.90. The molecule has 0 bridgehead atoms. The monoisotopic (exact) mass is 291 g/mol. The molecule has 0 aliphatic carbocycles. The molecule has 0 spiro atoms. The van der Waals surface area contributed by atoms with Gasteiger partial charge in [0.25, 0.3) is 0 Å². The lowest BCUT2D eigenvalue weighted by Crippen LogP contribution is -2.39. The molecule has 0 saturated heterocycles. The molecule has 0 aliphatic rings. The number of hydrogen-bond acceptors (Lipinski definition) is 3. The minimum absolute atomic E-state index is 0.0641. The highest BCUT2D eigenvalue weighted by molar-refractivity contribution is 5.17. The number of aliphatic hydroxyl groups is 2. The number of nitrogens with zero attached hydrogens (tertiary/aromatic N) is 1. The van der Waals surface area contributed by atoms with Crippen molar-refractivity contribution in [1.82, 2.24) is 4.90 Å². The molecule has 0 amide bonds. The van der Waals surface area contributed by atoms with Crippen molar-refractivity contribution >= 4 is 0 Å². The van der Waals surface area contributed by atoms with Crippen LogP contribution in [0.15, 0.2) is 30.3 Å². The van der Waals surface area contributed by atoms with Crippen LogP contribution < -0.4 is 0 Å². The smallest absolute Gasteiger partial charge is 0.395 e. The Balaban J connectivity index is 2.63. The number of benzene rings is 1. The number of alkyl halides is 3. The van der Waals surface area contributed by atoms with Gasteiger partial charge in [-0.3, -0.25) is 4.90 Å². The Morgan fingerprint density at radius 3 is 2.30 bits per heavy atom. The van der Waals surface area contributed by atoms with E-state index in [0.29, 0.717) is 5.56 Å². The van der Waals surface area contributed by atoms with Crippen LogP contribution in [0, 0.1) is 5.92 Å². The molecular formula is C14H20F3NO2. The second kappa shape index (κ2) is 7.61. The first-order valence-corrected chi connectivity index (χ1v) is 6.46. The molecule has 0 radical (unpaired) electrons. The van der Waals surface area contributed by atoms with Crippen molar-refractivity contribution in [1.29, 1.82) is 0 Å². The fourth-order valence-electron chi connectivity index (χ4n) is 2.12. The maximum Gasteiger partial charge on any atom is 0.401 e. The highest BCUT2D eigenvalue weighted by atomic mass is 19.4. The summed E-state index contributed by atoms with van der Waals surface area (Å²) in [4.78, 5) is 1.11. The van der Waals surface area contributed by atoms with Crippen molar-refractivity contribution in [3.8, 4) is 0 Å². The van der Waals surface area contributed by atoms with Crippen molar-refractivity contribution in [3.05, 3.63) is 35.9 Å². The molecule has 3 nitrogen and oxygen atoms in total. The minimum atomic E-state index is -4.31. The molecule has 2 atom stereocenters. The number of hydrogen-bond donors (Lipinski definition) is 2. The Kier molecular flexibility index (Phi) is 6.45. The van der Waals surface area contributed by atoms with Gasteiger partial charge in [-0.15, -0.1) is 0 Å². The largest absolute Gasteiger partial charge is 0.401 e. The summed E-state index contributed by atoms with van der Waals surface area (Å²) in [5.41, 5.74) is 0.677. The first kappa shape index (κ1) is 16.9. The van der Waals surface area contributed by atoms with Gasteiger partial charge in [-0.05, 0) is 11.5 Å². The molecule has 1 aromatic carbocycles. The van der Waals surface area contributed by atoms with Gasteiger partial charge in [0.2, 0.25) is 0 Å². The summed E-state index contributed by atoms with van der Waals surface area (Å²) in [6, 6.07) is 8.82. The van der Waals surface area contributed by atoms with Crippen LogP contribution in [-0.2, 0) is 0 Å². The number of aliphatic hydroxyl groups excluding tert-OH is 2. The summed E-state index contributed by atoms with van der Waals surface area (Å²) in [5.74, 6) is -0.369. The Bertz CT molecular complexity index is 384. The second-order valence-electron chi connectivity index (χ2n) is 4.91. The molecule has 1 rings (SSSR count). The van der Waals surface area contributed by atoms with Gasteiger partial charge in [0.1, 0.15) is 0 Å². The van der Waals surface area contributed by atoms with E-state index in [2.05, 4.69) is 0 Å². The highest BCUT2D eigenvalue weighted by Gasteiger charge is 2.31. The lowest BCUT2D eigenvalue weighted by molar-refractivity contribution is -0.149. The first-order chi connectivity index (χ1) is 9.33. The standard InChI is InChI=1S/C14H20F3NO2/c1-11(13(20)12-5-3-2-4-6-12)9-18(7-8-19)10-14(15,16)17/h2-6,11,13,19-20H,7-10H2,1H3. The molecule has 0 aliphatic heterocycles. The molecule has 2 unspecified atom stereocenters. The van der Waals surface area contributed by atoms with Gasteiger partial charge < -0.3 is 10.2 Å². The topological polar surface area (TPSA) is 43.7 Å². The van der Waals surface area contributed by atoms with Crippen LogP contribution in [-0.4, -0.2) is 47.5 Å². The third-order valence-electron chi connectivity index (χ3n) is 3.05. The van der Waals surface area contributed by atoms with Crippen LogP contribution in [0.1, 0.15) is 18.6 Å².